The molecule has 5 nitrogen and oxygen atoms in total. The lowest BCUT2D eigenvalue weighted by Gasteiger charge is -2.44. The van der Waals surface area contributed by atoms with Crippen LogP contribution >= 0.6 is 27.7 Å². The Morgan fingerprint density at radius 2 is 1.69 bits per heavy atom. The number of piperazine rings is 1. The van der Waals surface area contributed by atoms with Crippen LogP contribution < -0.4 is 15.5 Å². The molecule has 0 saturated carbocycles. The number of carbonyl (C=O) groups excluding carboxylic acids is 1. The van der Waals surface area contributed by atoms with Crippen molar-refractivity contribution in [1.29, 1.82) is 0 Å². The van der Waals surface area contributed by atoms with E-state index < -0.39 is 0 Å². The lowest BCUT2D eigenvalue weighted by Crippen LogP contribution is -2.69. The highest BCUT2D eigenvalue weighted by Gasteiger charge is 2.43. The van der Waals surface area contributed by atoms with Gasteiger partial charge in [-0.2, -0.15) is 0 Å². The van der Waals surface area contributed by atoms with Crippen LogP contribution in [0.15, 0.2) is 64.5 Å². The van der Waals surface area contributed by atoms with Crippen molar-refractivity contribution in [3.8, 4) is 0 Å². The van der Waals surface area contributed by atoms with E-state index >= 15 is 0 Å². The van der Waals surface area contributed by atoms with Crippen LogP contribution in [0.2, 0.25) is 0 Å². The van der Waals surface area contributed by atoms with Gasteiger partial charge in [0.15, 0.2) is 0 Å². The molecule has 0 radical (unpaired) electrons. The Morgan fingerprint density at radius 1 is 0.966 bits per heavy atom. The minimum Gasteiger partial charge on any atom is -0.369 e. The first-order valence-electron chi connectivity index (χ1n) is 9.91. The molecule has 150 valence electrons. The van der Waals surface area contributed by atoms with Crippen molar-refractivity contribution in [3.63, 3.8) is 0 Å². The van der Waals surface area contributed by atoms with Crippen LogP contribution in [0.4, 0.5) is 5.69 Å². The Hall–Kier alpha value is -1.80. The molecule has 29 heavy (non-hydrogen) atoms. The van der Waals surface area contributed by atoms with Crippen molar-refractivity contribution >= 4 is 44.9 Å². The third-order valence-corrected chi connectivity index (χ3v) is 7.53. The number of fused-ring (bicyclic) bond motifs is 1. The Bertz CT molecular complexity index is 912. The summed E-state index contributed by atoms with van der Waals surface area (Å²) in [6.45, 7) is 3.73. The summed E-state index contributed by atoms with van der Waals surface area (Å²) in [5.41, 5.74) is 3.64. The van der Waals surface area contributed by atoms with Gasteiger partial charge in [-0.15, -0.1) is 11.8 Å². The molecule has 0 bridgehead atoms. The van der Waals surface area contributed by atoms with Crippen molar-refractivity contribution in [2.75, 3.05) is 31.1 Å². The largest absolute Gasteiger partial charge is 0.369 e. The molecule has 3 unspecified atom stereocenters. The summed E-state index contributed by atoms with van der Waals surface area (Å²) in [4.78, 5) is 17.5. The summed E-state index contributed by atoms with van der Waals surface area (Å²) in [6.07, 6.45) is -0.126. The molecule has 7 heteroatoms. The molecule has 3 aliphatic rings. The average molecular weight is 471 g/mol. The molecule has 2 saturated heterocycles. The number of anilines is 1. The molecule has 2 aromatic rings. The highest BCUT2D eigenvalue weighted by atomic mass is 79.9. The first-order valence-corrected chi connectivity index (χ1v) is 11.6. The van der Waals surface area contributed by atoms with Gasteiger partial charge in [-0.05, 0) is 40.8 Å². The van der Waals surface area contributed by atoms with Gasteiger partial charge in [-0.25, -0.2) is 0 Å². The number of nitrogens with zero attached hydrogens (tertiary/aromatic N) is 2. The monoisotopic (exact) mass is 470 g/mol. The first kappa shape index (κ1) is 19.2. The molecule has 3 atom stereocenters. The summed E-state index contributed by atoms with van der Waals surface area (Å²) < 4.78 is 1.06. The van der Waals surface area contributed by atoms with Crippen LogP contribution in [-0.4, -0.2) is 54.6 Å². The maximum Gasteiger partial charge on any atom is 0.237 e. The van der Waals surface area contributed by atoms with E-state index in [4.69, 9.17) is 0 Å². The second-order valence-electron chi connectivity index (χ2n) is 7.55. The molecule has 0 aromatic heterocycles. The quantitative estimate of drug-likeness (QED) is 0.721. The molecule has 1 amide bonds. The summed E-state index contributed by atoms with van der Waals surface area (Å²) in [7, 11) is 0. The number of hydrogen-bond acceptors (Lipinski definition) is 5. The highest BCUT2D eigenvalue weighted by Crippen LogP contribution is 2.38. The van der Waals surface area contributed by atoms with Crippen molar-refractivity contribution in [3.05, 3.63) is 70.0 Å². The summed E-state index contributed by atoms with van der Waals surface area (Å²) in [5, 5.41) is 8.94. The summed E-state index contributed by atoms with van der Waals surface area (Å²) in [6, 6.07) is 18.9. The Labute approximate surface area is 183 Å². The summed E-state index contributed by atoms with van der Waals surface area (Å²) >= 11 is 5.11. The van der Waals surface area contributed by atoms with Crippen LogP contribution in [0.5, 0.6) is 0 Å². The van der Waals surface area contributed by atoms with Gasteiger partial charge in [-0.3, -0.25) is 15.0 Å². The maximum atomic E-state index is 12.8. The molecule has 2 aromatic carbocycles. The van der Waals surface area contributed by atoms with Crippen LogP contribution in [0.3, 0.4) is 0 Å². The number of amides is 1. The van der Waals surface area contributed by atoms with Crippen molar-refractivity contribution in [2.45, 2.75) is 17.6 Å². The molecule has 2 fully saturated rings. The average Bonchev–Trinajstić information content (AvgIpc) is 3.20. The highest BCUT2D eigenvalue weighted by molar-refractivity contribution is 9.10. The Kier molecular flexibility index (Phi) is 5.39. The fraction of sp³-hybridized carbons (Fsp3) is 0.318. The van der Waals surface area contributed by atoms with Crippen molar-refractivity contribution in [2.24, 2.45) is 0 Å². The smallest absolute Gasteiger partial charge is 0.237 e. The van der Waals surface area contributed by atoms with Gasteiger partial charge in [0.05, 0.1) is 6.04 Å². The Morgan fingerprint density at radius 3 is 2.41 bits per heavy atom. The second-order valence-corrected chi connectivity index (χ2v) is 9.48. The topological polar surface area (TPSA) is 47.6 Å². The molecule has 5 rings (SSSR count). The number of thioether (sulfide) groups is 1. The van der Waals surface area contributed by atoms with Gasteiger partial charge in [0.2, 0.25) is 5.91 Å². The molecule has 3 aliphatic heterocycles. The number of nitrogens with one attached hydrogen (secondary N) is 2. The maximum absolute atomic E-state index is 12.8. The third-order valence-electron chi connectivity index (χ3n) is 5.83. The lowest BCUT2D eigenvalue weighted by molar-refractivity contribution is -0.125. The van der Waals surface area contributed by atoms with Crippen LogP contribution in [-0.2, 0) is 4.79 Å². The molecular formula is C22H23BrN4OS. The lowest BCUT2D eigenvalue weighted by atomic mass is 9.96. The fourth-order valence-corrected chi connectivity index (χ4v) is 5.66. The van der Waals surface area contributed by atoms with E-state index in [0.717, 1.165) is 30.7 Å². The van der Waals surface area contributed by atoms with Gasteiger partial charge < -0.3 is 10.2 Å². The zero-order chi connectivity index (χ0) is 19.8. The first-order chi connectivity index (χ1) is 14.2. The molecule has 3 heterocycles. The number of halogens is 1. The number of para-hydroxylation sites is 1. The predicted octanol–water partition coefficient (Wildman–Crippen LogP) is 3.10. The standard InChI is InChI=1S/C22H23BrN4OS/c23-16-8-6-15(7-9-16)18-14-29-20-19(18)24-22(25-21(20)28)27-12-10-26(11-13-27)17-4-2-1-3-5-17/h1-9,14,19-20,22,24H,10-13H2,(H,25,28). The van der Waals surface area contributed by atoms with E-state index in [1.165, 1.54) is 16.8 Å². The minimum absolute atomic E-state index is 0.0343. The van der Waals surface area contributed by atoms with E-state index in [2.05, 4.69) is 90.3 Å². The molecule has 0 spiro atoms. The second kappa shape index (κ2) is 8.14. The minimum atomic E-state index is -0.126. The Balaban J connectivity index is 1.27. The molecule has 2 N–H and O–H groups in total. The number of benzene rings is 2. The SMILES string of the molecule is O=C1NC(N2CCN(c3ccccc3)CC2)NC2C(c3ccc(Br)cc3)=CSC12. The number of rotatable bonds is 3. The zero-order valence-corrected chi connectivity index (χ0v) is 18.3. The van der Waals surface area contributed by atoms with Gasteiger partial charge >= 0.3 is 0 Å². The van der Waals surface area contributed by atoms with E-state index in [9.17, 15) is 4.79 Å². The zero-order valence-electron chi connectivity index (χ0n) is 15.9. The van der Waals surface area contributed by atoms with Gasteiger partial charge in [-0.1, -0.05) is 46.3 Å². The molecular weight excluding hydrogens is 448 g/mol. The van der Waals surface area contributed by atoms with E-state index in [1.54, 1.807) is 11.8 Å². The van der Waals surface area contributed by atoms with E-state index in [1.807, 2.05) is 6.07 Å². The van der Waals surface area contributed by atoms with Gasteiger partial charge in [0.25, 0.3) is 0 Å². The van der Waals surface area contributed by atoms with Crippen LogP contribution in [0, 0.1) is 0 Å². The third kappa shape index (κ3) is 3.84. The normalized spacial score (nSPS) is 27.3. The van der Waals surface area contributed by atoms with Gasteiger partial charge in [0.1, 0.15) is 11.5 Å². The number of carbonyl (C=O) groups is 1. The number of hydrogen-bond donors (Lipinski definition) is 2. The van der Waals surface area contributed by atoms with E-state index in [0.29, 0.717) is 0 Å². The van der Waals surface area contributed by atoms with Crippen LogP contribution in [0.25, 0.3) is 5.57 Å². The van der Waals surface area contributed by atoms with E-state index in [-0.39, 0.29) is 23.5 Å². The van der Waals surface area contributed by atoms with Crippen molar-refractivity contribution in [1.82, 2.24) is 15.5 Å². The fourth-order valence-electron chi connectivity index (χ4n) is 4.24. The van der Waals surface area contributed by atoms with Gasteiger partial charge in [0, 0.05) is 36.3 Å². The summed E-state index contributed by atoms with van der Waals surface area (Å²) in [5.74, 6) is 0.123. The van der Waals surface area contributed by atoms with Crippen LogP contribution in [0.1, 0.15) is 5.56 Å². The predicted molar refractivity (Wildman–Crippen MR) is 123 cm³/mol. The van der Waals surface area contributed by atoms with Crippen molar-refractivity contribution < 1.29 is 4.79 Å². The molecule has 0 aliphatic carbocycles.